The number of nitrogens with zero attached hydrogens (tertiary/aromatic N) is 4. The highest BCUT2D eigenvalue weighted by atomic mass is 32.1. The van der Waals surface area contributed by atoms with Gasteiger partial charge in [-0.1, -0.05) is 57.0 Å². The molecule has 0 radical (unpaired) electrons. The fourth-order valence-electron chi connectivity index (χ4n) is 8.73. The number of pyridine rings is 1. The van der Waals surface area contributed by atoms with E-state index in [2.05, 4.69) is 84.6 Å². The number of benzene rings is 2. The van der Waals surface area contributed by atoms with Crippen molar-refractivity contribution < 1.29 is 24.2 Å². The lowest BCUT2D eigenvalue weighted by Gasteiger charge is -2.39. The van der Waals surface area contributed by atoms with Gasteiger partial charge < -0.3 is 34.6 Å². The Balaban J connectivity index is 0.906. The predicted octanol–water partition coefficient (Wildman–Crippen LogP) is 8.15. The molecule has 0 amide bonds. The van der Waals surface area contributed by atoms with Crippen molar-refractivity contribution in [1.29, 1.82) is 0 Å². The number of aromatic nitrogens is 4. The molecular formula is C45H62N6O6SSi. The largest absolute Gasteiger partial charge is 0.506 e. The van der Waals surface area contributed by atoms with Crippen molar-refractivity contribution >= 4 is 47.6 Å². The molecule has 2 aliphatic carbocycles. The van der Waals surface area contributed by atoms with Gasteiger partial charge in [0.1, 0.15) is 17.4 Å². The Morgan fingerprint density at radius 3 is 2.54 bits per heavy atom. The molecule has 3 heterocycles. The van der Waals surface area contributed by atoms with Crippen molar-refractivity contribution in [2.45, 2.75) is 134 Å². The molecule has 12 nitrogen and oxygen atoms in total. The minimum Gasteiger partial charge on any atom is -0.506 e. The van der Waals surface area contributed by atoms with Crippen LogP contribution in [0.5, 0.6) is 5.75 Å². The third kappa shape index (κ3) is 9.53. The molecule has 2 aromatic carbocycles. The standard InChI is InChI=1S/C45H62N6O6SSi/c1-44(2,3)59(5,6)57-39(34-19-22-38(52)42-35(34)20-23-41(53)47-42)29-46-28-30-14-21-37-36(27-30)48-49-51(37)25-10-24-50(4)32-15-17-33(18-16-32)56-43(54)45(55,31-11-7-8-12-31)40-13-9-26-58-40/h9,13-14,19-23,26-27,31-33,39,46,52,55H,7-8,10-12,15-18,24-25,28-29H2,1-6H3,(H,47,53)/t32-,33-,39-,45+/m0/s1. The molecule has 2 saturated carbocycles. The van der Waals surface area contributed by atoms with E-state index in [0.29, 0.717) is 29.5 Å². The Labute approximate surface area is 352 Å². The second kappa shape index (κ2) is 18.0. The third-order valence-electron chi connectivity index (χ3n) is 13.3. The van der Waals surface area contributed by atoms with Crippen molar-refractivity contribution in [1.82, 2.24) is 30.2 Å². The summed E-state index contributed by atoms with van der Waals surface area (Å²) < 4.78 is 15.0. The van der Waals surface area contributed by atoms with Gasteiger partial charge in [0.05, 0.1) is 17.1 Å². The van der Waals surface area contributed by atoms with Crippen LogP contribution in [0.2, 0.25) is 18.1 Å². The Morgan fingerprint density at radius 1 is 1.07 bits per heavy atom. The monoisotopic (exact) mass is 842 g/mol. The molecule has 2 atom stereocenters. The van der Waals surface area contributed by atoms with E-state index in [9.17, 15) is 19.8 Å². The first-order chi connectivity index (χ1) is 28.1. The average molecular weight is 843 g/mol. The molecule has 2 fully saturated rings. The van der Waals surface area contributed by atoms with Gasteiger partial charge in [-0.15, -0.1) is 16.4 Å². The molecule has 59 heavy (non-hydrogen) atoms. The molecule has 7 rings (SSSR count). The van der Waals surface area contributed by atoms with Crippen molar-refractivity contribution in [3.05, 3.63) is 86.3 Å². The topological polar surface area (TPSA) is 155 Å². The number of aliphatic hydroxyl groups is 1. The molecule has 318 valence electrons. The number of carbonyl (C=O) groups is 1. The molecule has 0 aliphatic heterocycles. The van der Waals surface area contributed by atoms with E-state index < -0.39 is 19.9 Å². The number of hydrogen-bond acceptors (Lipinski definition) is 11. The number of rotatable bonds is 16. The molecule has 0 saturated heterocycles. The summed E-state index contributed by atoms with van der Waals surface area (Å²) >= 11 is 1.44. The predicted molar refractivity (Wildman–Crippen MR) is 236 cm³/mol. The van der Waals surface area contributed by atoms with E-state index in [0.717, 1.165) is 98.4 Å². The quantitative estimate of drug-likeness (QED) is 0.0565. The maximum Gasteiger partial charge on any atom is 0.344 e. The zero-order valence-electron chi connectivity index (χ0n) is 35.5. The van der Waals surface area contributed by atoms with E-state index in [1.165, 1.54) is 17.4 Å². The number of phenolic OH excluding ortho intramolecular Hbond substituents is 1. The van der Waals surface area contributed by atoms with E-state index >= 15 is 0 Å². The highest BCUT2D eigenvalue weighted by Crippen LogP contribution is 2.44. The average Bonchev–Trinajstić information content (AvgIpc) is 4.02. The number of fused-ring (bicyclic) bond motifs is 2. The van der Waals surface area contributed by atoms with Crippen LogP contribution in [0, 0.1) is 5.92 Å². The first kappa shape index (κ1) is 43.2. The molecule has 0 unspecified atom stereocenters. The van der Waals surface area contributed by atoms with Gasteiger partial charge in [0, 0.05) is 47.9 Å². The SMILES string of the molecule is CN(CCCn1nnc2cc(CNC[C@H](O[Si](C)(C)C(C)(C)C)c3ccc(O)c4[nH]c(=O)ccc34)ccc21)[C@H]1CC[C@H](OC(=O)[C@](O)(c2cccs2)C2CCCC2)CC1. The number of H-pyrrole nitrogens is 1. The van der Waals surface area contributed by atoms with Gasteiger partial charge in [0.2, 0.25) is 5.56 Å². The van der Waals surface area contributed by atoms with Crippen LogP contribution in [0.3, 0.4) is 0 Å². The molecule has 5 aromatic rings. The minimum absolute atomic E-state index is 0.00916. The molecule has 4 N–H and O–H groups in total. The van der Waals surface area contributed by atoms with Crippen LogP contribution >= 0.6 is 11.3 Å². The zero-order valence-corrected chi connectivity index (χ0v) is 37.3. The Hall–Kier alpha value is -3.92. The van der Waals surface area contributed by atoms with Gasteiger partial charge in [-0.2, -0.15) is 0 Å². The summed E-state index contributed by atoms with van der Waals surface area (Å²) in [6.45, 7) is 13.9. The highest BCUT2D eigenvalue weighted by molar-refractivity contribution is 7.10. The maximum absolute atomic E-state index is 13.5. The normalized spacial score (nSPS) is 19.7. The van der Waals surface area contributed by atoms with Crippen LogP contribution in [0.4, 0.5) is 0 Å². The summed E-state index contributed by atoms with van der Waals surface area (Å²) in [6, 6.07) is 17.3. The molecule has 3 aromatic heterocycles. The lowest BCUT2D eigenvalue weighted by atomic mass is 9.84. The van der Waals surface area contributed by atoms with Crippen molar-refractivity contribution in [2.75, 3.05) is 20.1 Å². The summed E-state index contributed by atoms with van der Waals surface area (Å²) in [5.41, 5.74) is 2.48. The van der Waals surface area contributed by atoms with Gasteiger partial charge in [-0.05, 0) is 124 Å². The number of carbonyl (C=O) groups excluding carboxylic acids is 1. The number of esters is 1. The van der Waals surface area contributed by atoms with Gasteiger partial charge in [-0.25, -0.2) is 9.48 Å². The first-order valence-electron chi connectivity index (χ1n) is 21.4. The lowest BCUT2D eigenvalue weighted by Crippen LogP contribution is -2.45. The molecular weight excluding hydrogens is 781 g/mol. The van der Waals surface area contributed by atoms with Crippen LogP contribution in [-0.4, -0.2) is 81.7 Å². The van der Waals surface area contributed by atoms with E-state index in [4.69, 9.17) is 9.16 Å². The number of aromatic amines is 1. The third-order valence-corrected chi connectivity index (χ3v) is 18.8. The number of thiophene rings is 1. The summed E-state index contributed by atoms with van der Waals surface area (Å²) in [7, 11) is -0.0235. The molecule has 2 aliphatic rings. The number of nitrogens with one attached hydrogen (secondary N) is 2. The van der Waals surface area contributed by atoms with Crippen LogP contribution in [0.15, 0.2) is 64.8 Å². The Morgan fingerprint density at radius 2 is 1.83 bits per heavy atom. The first-order valence-corrected chi connectivity index (χ1v) is 25.2. The molecule has 0 bridgehead atoms. The van der Waals surface area contributed by atoms with E-state index in [-0.39, 0.29) is 34.5 Å². The number of ether oxygens (including phenoxy) is 1. The van der Waals surface area contributed by atoms with Crippen LogP contribution < -0.4 is 10.9 Å². The van der Waals surface area contributed by atoms with Gasteiger partial charge in [0.25, 0.3) is 0 Å². The second-order valence-electron chi connectivity index (χ2n) is 18.3. The van der Waals surface area contributed by atoms with E-state index in [1.54, 1.807) is 12.1 Å². The van der Waals surface area contributed by atoms with E-state index in [1.807, 2.05) is 28.3 Å². The fourth-order valence-corrected chi connectivity index (χ4v) is 10.9. The van der Waals surface area contributed by atoms with Crippen LogP contribution in [0.25, 0.3) is 21.9 Å². The van der Waals surface area contributed by atoms with Gasteiger partial charge in [0.15, 0.2) is 13.9 Å². The smallest absolute Gasteiger partial charge is 0.344 e. The number of aromatic hydroxyl groups is 1. The van der Waals surface area contributed by atoms with Gasteiger partial charge >= 0.3 is 5.97 Å². The number of hydrogen-bond donors (Lipinski definition) is 4. The van der Waals surface area contributed by atoms with Crippen molar-refractivity contribution in [3.8, 4) is 5.75 Å². The minimum atomic E-state index is -2.20. The van der Waals surface area contributed by atoms with Crippen molar-refractivity contribution in [3.63, 3.8) is 0 Å². The summed E-state index contributed by atoms with van der Waals surface area (Å²) in [5.74, 6) is -0.510. The maximum atomic E-state index is 13.5. The summed E-state index contributed by atoms with van der Waals surface area (Å²) in [5, 5.41) is 37.6. The van der Waals surface area contributed by atoms with Crippen molar-refractivity contribution in [2.24, 2.45) is 5.92 Å². The number of phenols is 1. The summed E-state index contributed by atoms with van der Waals surface area (Å²) in [4.78, 5) is 31.6. The Bertz CT molecular complexity index is 2260. The Kier molecular flexibility index (Phi) is 13.1. The lowest BCUT2D eigenvalue weighted by molar-refractivity contribution is -0.180. The second-order valence-corrected chi connectivity index (χ2v) is 24.0. The van der Waals surface area contributed by atoms with Crippen LogP contribution in [-0.2, 0) is 32.6 Å². The van der Waals surface area contributed by atoms with Crippen LogP contribution in [0.1, 0.15) is 101 Å². The number of aryl methyl sites for hydroxylation is 1. The fraction of sp³-hybridized carbons (Fsp3) is 0.556. The molecule has 14 heteroatoms. The highest BCUT2D eigenvalue weighted by Gasteiger charge is 2.49. The summed E-state index contributed by atoms with van der Waals surface area (Å²) in [6.07, 6.45) is 7.77. The van der Waals surface area contributed by atoms with Gasteiger partial charge in [-0.3, -0.25) is 4.79 Å². The zero-order chi connectivity index (χ0) is 42.0. The molecule has 0 spiro atoms.